The minimum atomic E-state index is 0.233. The number of rotatable bonds is 4. The number of methoxy groups -OCH3 is 2. The molecule has 0 atom stereocenters. The van der Waals surface area contributed by atoms with Gasteiger partial charge in [-0.3, -0.25) is 0 Å². The van der Waals surface area contributed by atoms with Crippen LogP contribution in [0.5, 0.6) is 23.0 Å². The number of hydrogen-bond donors (Lipinski definition) is 0. The number of pyridine rings is 1. The Labute approximate surface area is 207 Å². The van der Waals surface area contributed by atoms with Crippen LogP contribution >= 0.6 is 0 Å². The van der Waals surface area contributed by atoms with E-state index in [0.29, 0.717) is 12.0 Å². The van der Waals surface area contributed by atoms with Crippen LogP contribution in [0, 0.1) is 11.3 Å². The van der Waals surface area contributed by atoms with Gasteiger partial charge >= 0.3 is 0 Å². The Bertz CT molecular complexity index is 1770. The second-order valence-electron chi connectivity index (χ2n) is 9.27. The van der Waals surface area contributed by atoms with Crippen LogP contribution < -0.4 is 23.5 Å². The number of nitrogens with zero attached hydrogens (tertiary/aromatic N) is 2. The summed E-state index contributed by atoms with van der Waals surface area (Å²) in [6.45, 7) is 1.10. The maximum Gasteiger partial charge on any atom is 0.231 e. The lowest BCUT2D eigenvalue weighted by atomic mass is 9.88. The van der Waals surface area contributed by atoms with Gasteiger partial charge < -0.3 is 18.9 Å². The normalized spacial score (nSPS) is 13.5. The van der Waals surface area contributed by atoms with Crippen LogP contribution in [0.3, 0.4) is 0 Å². The summed E-state index contributed by atoms with van der Waals surface area (Å²) < 4.78 is 25.6. The Morgan fingerprint density at radius 3 is 2.58 bits per heavy atom. The highest BCUT2D eigenvalue weighted by Crippen LogP contribution is 2.48. The molecule has 6 heteroatoms. The average molecular weight is 476 g/mol. The van der Waals surface area contributed by atoms with Crippen molar-refractivity contribution in [2.45, 2.75) is 19.4 Å². The third kappa shape index (κ3) is 2.86. The first-order chi connectivity index (χ1) is 17.7. The van der Waals surface area contributed by atoms with Gasteiger partial charge in [0.25, 0.3) is 0 Å². The molecule has 0 saturated heterocycles. The number of ether oxygens (including phenoxy) is 4. The second-order valence-corrected chi connectivity index (χ2v) is 9.27. The Kier molecular flexibility index (Phi) is 4.49. The zero-order valence-corrected chi connectivity index (χ0v) is 20.1. The molecule has 0 fully saturated rings. The lowest BCUT2D eigenvalue weighted by Gasteiger charge is -2.20. The molecule has 0 amide bonds. The summed E-state index contributed by atoms with van der Waals surface area (Å²) >= 11 is 0. The fraction of sp³-hybridized carbons (Fsp3) is 0.200. The standard InChI is InChI=1S/C30H23N2O4/c1-33-24-8-7-21-22-12-20(11-17-3-5-18(14-31)6-4-17)27-26-19(13-25-30(27)36-16-35-25)9-10-32(28(22)26)15-23(21)29(24)34-2/h3-8,12-13,15H,9-11,16H2,1-2H3/q+1. The second kappa shape index (κ2) is 7.76. The van der Waals surface area contributed by atoms with Crippen molar-refractivity contribution in [3.63, 3.8) is 0 Å². The number of benzene rings is 4. The van der Waals surface area contributed by atoms with Crippen molar-refractivity contribution in [1.82, 2.24) is 0 Å². The van der Waals surface area contributed by atoms with Gasteiger partial charge in [0.05, 0.1) is 42.0 Å². The lowest BCUT2D eigenvalue weighted by Crippen LogP contribution is -2.38. The number of fused-ring (bicyclic) bond motifs is 4. The first kappa shape index (κ1) is 20.8. The number of nitriles is 1. The molecule has 0 radical (unpaired) electrons. The van der Waals surface area contributed by atoms with Gasteiger partial charge in [0.15, 0.2) is 35.7 Å². The molecule has 176 valence electrons. The highest BCUT2D eigenvalue weighted by molar-refractivity contribution is 6.18. The van der Waals surface area contributed by atoms with Gasteiger partial charge in [-0.25, -0.2) is 0 Å². The van der Waals surface area contributed by atoms with Crippen molar-refractivity contribution in [2.75, 3.05) is 21.0 Å². The van der Waals surface area contributed by atoms with Crippen LogP contribution in [0.15, 0.2) is 54.7 Å². The van der Waals surface area contributed by atoms with Crippen molar-refractivity contribution in [2.24, 2.45) is 0 Å². The molecule has 0 spiro atoms. The van der Waals surface area contributed by atoms with E-state index in [1.54, 1.807) is 14.2 Å². The molecule has 4 aromatic carbocycles. The molecule has 5 aromatic rings. The smallest absolute Gasteiger partial charge is 0.231 e. The topological polar surface area (TPSA) is 64.6 Å². The summed E-state index contributed by atoms with van der Waals surface area (Å²) in [6, 6.07) is 18.5. The minimum Gasteiger partial charge on any atom is -0.493 e. The van der Waals surface area contributed by atoms with E-state index in [9.17, 15) is 5.26 Å². The van der Waals surface area contributed by atoms with E-state index < -0.39 is 0 Å². The zero-order valence-electron chi connectivity index (χ0n) is 20.1. The third-order valence-electron chi connectivity index (χ3n) is 7.42. The summed E-state index contributed by atoms with van der Waals surface area (Å²) in [5, 5.41) is 14.9. The van der Waals surface area contributed by atoms with Gasteiger partial charge in [-0.15, -0.1) is 0 Å². The van der Waals surface area contributed by atoms with Gasteiger partial charge in [-0.2, -0.15) is 9.83 Å². The van der Waals surface area contributed by atoms with Gasteiger partial charge in [0, 0.05) is 17.2 Å². The third-order valence-corrected chi connectivity index (χ3v) is 7.42. The van der Waals surface area contributed by atoms with Crippen LogP contribution in [-0.2, 0) is 19.4 Å². The van der Waals surface area contributed by atoms with E-state index in [0.717, 1.165) is 57.7 Å². The van der Waals surface area contributed by atoms with E-state index in [-0.39, 0.29) is 6.79 Å². The molecule has 1 aromatic heterocycles. The van der Waals surface area contributed by atoms with Crippen LogP contribution in [0.1, 0.15) is 22.3 Å². The summed E-state index contributed by atoms with van der Waals surface area (Å²) in [6.07, 6.45) is 3.80. The summed E-state index contributed by atoms with van der Waals surface area (Å²) in [4.78, 5) is 0. The summed E-state index contributed by atoms with van der Waals surface area (Å²) in [5.74, 6) is 3.10. The Morgan fingerprint density at radius 2 is 1.81 bits per heavy atom. The van der Waals surface area contributed by atoms with Crippen molar-refractivity contribution in [3.8, 4) is 29.1 Å². The quantitative estimate of drug-likeness (QED) is 0.264. The van der Waals surface area contributed by atoms with Crippen molar-refractivity contribution >= 4 is 32.4 Å². The molecule has 2 aliphatic heterocycles. The molecule has 0 unspecified atom stereocenters. The molecule has 0 saturated carbocycles. The van der Waals surface area contributed by atoms with Crippen LogP contribution in [-0.4, -0.2) is 21.0 Å². The van der Waals surface area contributed by atoms with E-state index >= 15 is 0 Å². The average Bonchev–Trinajstić information content (AvgIpc) is 3.39. The molecule has 36 heavy (non-hydrogen) atoms. The highest BCUT2D eigenvalue weighted by atomic mass is 16.7. The SMILES string of the molecule is COc1ccc2c(c[n+]3c4c2cc(Cc2ccc(C#N)cc2)c2c5c(cc(c24)CC3)OCO5)c1OC. The highest BCUT2D eigenvalue weighted by Gasteiger charge is 2.31. The summed E-state index contributed by atoms with van der Waals surface area (Å²) in [7, 11) is 3.35. The molecule has 3 heterocycles. The van der Waals surface area contributed by atoms with Crippen LogP contribution in [0.4, 0.5) is 0 Å². The maximum atomic E-state index is 9.23. The Balaban J connectivity index is 1.61. The van der Waals surface area contributed by atoms with Gasteiger partial charge in [-0.1, -0.05) is 12.1 Å². The molecular weight excluding hydrogens is 452 g/mol. The molecular formula is C30H23N2O4+. The molecule has 0 aliphatic carbocycles. The molecule has 0 bridgehead atoms. The number of aromatic nitrogens is 1. The lowest BCUT2D eigenvalue weighted by molar-refractivity contribution is -0.670. The number of hydrogen-bond acceptors (Lipinski definition) is 5. The largest absolute Gasteiger partial charge is 0.493 e. The molecule has 6 nitrogen and oxygen atoms in total. The van der Waals surface area contributed by atoms with E-state index in [1.807, 2.05) is 30.3 Å². The first-order valence-electron chi connectivity index (χ1n) is 12.0. The minimum absolute atomic E-state index is 0.233. The van der Waals surface area contributed by atoms with Crippen LogP contribution in [0.2, 0.25) is 0 Å². The van der Waals surface area contributed by atoms with Gasteiger partial charge in [0.2, 0.25) is 12.3 Å². The van der Waals surface area contributed by atoms with E-state index in [2.05, 4.69) is 35.0 Å². The van der Waals surface area contributed by atoms with E-state index in [1.165, 1.54) is 27.4 Å². The summed E-state index contributed by atoms with van der Waals surface area (Å²) in [5.41, 5.74) is 5.44. The Hall–Kier alpha value is -4.50. The Morgan fingerprint density at radius 1 is 0.944 bits per heavy atom. The zero-order chi connectivity index (χ0) is 24.4. The van der Waals surface area contributed by atoms with Crippen molar-refractivity contribution < 1.29 is 23.5 Å². The van der Waals surface area contributed by atoms with Gasteiger partial charge in [-0.05, 0) is 59.5 Å². The first-order valence-corrected chi connectivity index (χ1v) is 12.0. The number of aryl methyl sites for hydroxylation is 2. The van der Waals surface area contributed by atoms with E-state index in [4.69, 9.17) is 18.9 Å². The fourth-order valence-electron chi connectivity index (χ4n) is 5.83. The predicted molar refractivity (Wildman–Crippen MR) is 136 cm³/mol. The molecule has 7 rings (SSSR count). The van der Waals surface area contributed by atoms with Crippen molar-refractivity contribution in [3.05, 3.63) is 77.0 Å². The fourth-order valence-corrected chi connectivity index (χ4v) is 5.83. The molecule has 2 aliphatic rings. The van der Waals surface area contributed by atoms with Gasteiger partial charge in [0.1, 0.15) is 0 Å². The van der Waals surface area contributed by atoms with Crippen LogP contribution in [0.25, 0.3) is 32.4 Å². The van der Waals surface area contributed by atoms with Crippen molar-refractivity contribution in [1.29, 1.82) is 5.26 Å². The monoisotopic (exact) mass is 475 g/mol. The predicted octanol–water partition coefficient (Wildman–Crippen LogP) is 5.20. The molecule has 0 N–H and O–H groups in total. The maximum absolute atomic E-state index is 9.23.